The van der Waals surface area contributed by atoms with Crippen LogP contribution in [0.15, 0.2) is 41.1 Å². The predicted molar refractivity (Wildman–Crippen MR) is 85.2 cm³/mol. The number of hydrogen-bond acceptors (Lipinski definition) is 3. The first-order valence-electron chi connectivity index (χ1n) is 6.95. The zero-order chi connectivity index (χ0) is 13.9. The number of fused-ring (bicyclic) bond motifs is 1. The van der Waals surface area contributed by atoms with Crippen LogP contribution < -0.4 is 5.32 Å². The molecule has 1 aromatic carbocycles. The lowest BCUT2D eigenvalue weighted by Crippen LogP contribution is -2.23. The van der Waals surface area contributed by atoms with E-state index in [1.807, 2.05) is 11.7 Å². The molecule has 2 heterocycles. The Hall–Kier alpha value is -1.65. The summed E-state index contributed by atoms with van der Waals surface area (Å²) in [5, 5.41) is 13.9. The van der Waals surface area contributed by atoms with Gasteiger partial charge in [-0.2, -0.15) is 16.4 Å². The minimum Gasteiger partial charge on any atom is -0.309 e. The lowest BCUT2D eigenvalue weighted by Gasteiger charge is -2.15. The van der Waals surface area contributed by atoms with Gasteiger partial charge in [0.2, 0.25) is 0 Å². The highest BCUT2D eigenvalue weighted by Gasteiger charge is 2.18. The van der Waals surface area contributed by atoms with Gasteiger partial charge in [0.1, 0.15) is 0 Å². The molecule has 1 unspecified atom stereocenters. The van der Waals surface area contributed by atoms with E-state index in [1.165, 1.54) is 16.5 Å². The molecule has 0 spiro atoms. The minimum atomic E-state index is 0.265. The van der Waals surface area contributed by atoms with Gasteiger partial charge in [0.05, 0.1) is 17.3 Å². The second-order valence-electron chi connectivity index (χ2n) is 4.97. The molecule has 0 aliphatic rings. The summed E-state index contributed by atoms with van der Waals surface area (Å²) in [5.41, 5.74) is 3.71. The number of nitrogens with one attached hydrogen (secondary N) is 1. The molecule has 0 saturated carbocycles. The van der Waals surface area contributed by atoms with Crippen LogP contribution >= 0.6 is 11.3 Å². The highest BCUT2D eigenvalue weighted by molar-refractivity contribution is 7.07. The maximum absolute atomic E-state index is 4.75. The Morgan fingerprint density at radius 3 is 2.90 bits per heavy atom. The molecule has 0 radical (unpaired) electrons. The lowest BCUT2D eigenvalue weighted by molar-refractivity contribution is 0.531. The molecule has 3 nitrogen and oxygen atoms in total. The number of hydrogen-bond donors (Lipinski definition) is 1. The normalized spacial score (nSPS) is 12.9. The summed E-state index contributed by atoms with van der Waals surface area (Å²) < 4.78 is 1.97. The standard InChI is InChI=1S/C16H19N3S/c1-3-17-14(10-12-8-9-20-11-12)16-13-6-4-5-7-15(13)19(2)18-16/h4-9,11,14,17H,3,10H2,1-2H3. The number of aryl methyl sites for hydroxylation is 1. The highest BCUT2D eigenvalue weighted by atomic mass is 32.1. The molecule has 1 atom stereocenters. The van der Waals surface area contributed by atoms with Crippen LogP contribution in [0.3, 0.4) is 0 Å². The van der Waals surface area contributed by atoms with Crippen molar-refractivity contribution in [3.63, 3.8) is 0 Å². The summed E-state index contributed by atoms with van der Waals surface area (Å²) in [5.74, 6) is 0. The third-order valence-electron chi connectivity index (χ3n) is 3.59. The quantitative estimate of drug-likeness (QED) is 0.777. The highest BCUT2D eigenvalue weighted by Crippen LogP contribution is 2.26. The van der Waals surface area contributed by atoms with Crippen LogP contribution in [0, 0.1) is 0 Å². The fourth-order valence-corrected chi connectivity index (χ4v) is 3.34. The lowest BCUT2D eigenvalue weighted by atomic mass is 10.0. The fraction of sp³-hybridized carbons (Fsp3) is 0.312. The molecule has 0 amide bonds. The Morgan fingerprint density at radius 1 is 1.30 bits per heavy atom. The Kier molecular flexibility index (Phi) is 3.85. The SMILES string of the molecule is CCNC(Cc1ccsc1)c1nn(C)c2ccccc12. The number of thiophene rings is 1. The van der Waals surface area contributed by atoms with E-state index in [0.717, 1.165) is 18.7 Å². The summed E-state index contributed by atoms with van der Waals surface area (Å²) >= 11 is 1.75. The van der Waals surface area contributed by atoms with Gasteiger partial charge in [-0.25, -0.2) is 0 Å². The molecule has 1 N–H and O–H groups in total. The number of nitrogens with zero attached hydrogens (tertiary/aromatic N) is 2. The van der Waals surface area contributed by atoms with E-state index in [2.05, 4.69) is 53.3 Å². The number of para-hydroxylation sites is 1. The summed E-state index contributed by atoms with van der Waals surface area (Å²) in [6.07, 6.45) is 0.984. The molecule has 20 heavy (non-hydrogen) atoms. The van der Waals surface area contributed by atoms with Crippen molar-refractivity contribution < 1.29 is 0 Å². The van der Waals surface area contributed by atoms with E-state index >= 15 is 0 Å². The van der Waals surface area contributed by atoms with E-state index in [1.54, 1.807) is 11.3 Å². The van der Waals surface area contributed by atoms with Gasteiger partial charge in [0.25, 0.3) is 0 Å². The van der Waals surface area contributed by atoms with Crippen LogP contribution in [-0.2, 0) is 13.5 Å². The molecule has 3 aromatic rings. The summed E-state index contributed by atoms with van der Waals surface area (Å²) in [6.45, 7) is 3.09. The largest absolute Gasteiger partial charge is 0.309 e. The minimum absolute atomic E-state index is 0.265. The number of rotatable bonds is 5. The summed E-state index contributed by atoms with van der Waals surface area (Å²) in [7, 11) is 2.01. The Bertz CT molecular complexity index is 685. The molecule has 0 bridgehead atoms. The first kappa shape index (κ1) is 13.3. The molecule has 0 aliphatic carbocycles. The van der Waals surface area contributed by atoms with Crippen LogP contribution in [-0.4, -0.2) is 16.3 Å². The van der Waals surface area contributed by atoms with E-state index in [0.29, 0.717) is 0 Å². The van der Waals surface area contributed by atoms with Crippen molar-refractivity contribution in [2.75, 3.05) is 6.54 Å². The van der Waals surface area contributed by atoms with Crippen LogP contribution in [0.4, 0.5) is 0 Å². The van der Waals surface area contributed by atoms with Crippen molar-refractivity contribution in [3.05, 3.63) is 52.3 Å². The molecule has 3 rings (SSSR count). The molecule has 0 fully saturated rings. The van der Waals surface area contributed by atoms with Crippen molar-refractivity contribution in [3.8, 4) is 0 Å². The van der Waals surface area contributed by atoms with Crippen LogP contribution in [0.5, 0.6) is 0 Å². The molecule has 104 valence electrons. The molecular weight excluding hydrogens is 266 g/mol. The van der Waals surface area contributed by atoms with E-state index in [9.17, 15) is 0 Å². The van der Waals surface area contributed by atoms with Gasteiger partial charge in [-0.1, -0.05) is 25.1 Å². The zero-order valence-corrected chi connectivity index (χ0v) is 12.7. The Balaban J connectivity index is 2.00. The topological polar surface area (TPSA) is 29.9 Å². The molecule has 2 aromatic heterocycles. The number of aromatic nitrogens is 2. The van der Waals surface area contributed by atoms with Gasteiger partial charge in [-0.3, -0.25) is 4.68 Å². The zero-order valence-electron chi connectivity index (χ0n) is 11.8. The van der Waals surface area contributed by atoms with Crippen molar-refractivity contribution in [2.45, 2.75) is 19.4 Å². The average Bonchev–Trinajstić information content (AvgIpc) is 3.07. The van der Waals surface area contributed by atoms with Crippen molar-refractivity contribution >= 4 is 22.2 Å². The second-order valence-corrected chi connectivity index (χ2v) is 5.75. The van der Waals surface area contributed by atoms with Gasteiger partial charge in [-0.15, -0.1) is 0 Å². The summed E-state index contributed by atoms with van der Waals surface area (Å²) in [4.78, 5) is 0. The first-order chi connectivity index (χ1) is 9.79. The third-order valence-corrected chi connectivity index (χ3v) is 4.32. The van der Waals surface area contributed by atoms with Crippen molar-refractivity contribution in [1.29, 1.82) is 0 Å². The smallest absolute Gasteiger partial charge is 0.0875 e. The van der Waals surface area contributed by atoms with Crippen LogP contribution in [0.2, 0.25) is 0 Å². The van der Waals surface area contributed by atoms with Crippen molar-refractivity contribution in [2.24, 2.45) is 7.05 Å². The molecule has 4 heteroatoms. The van der Waals surface area contributed by atoms with E-state index in [4.69, 9.17) is 5.10 Å². The monoisotopic (exact) mass is 285 g/mol. The Labute approximate surface area is 123 Å². The number of likely N-dealkylation sites (N-methyl/N-ethyl adjacent to an activating group) is 1. The molecule has 0 saturated heterocycles. The molecule has 0 aliphatic heterocycles. The Morgan fingerprint density at radius 2 is 2.15 bits per heavy atom. The third kappa shape index (κ3) is 2.49. The first-order valence-corrected chi connectivity index (χ1v) is 7.90. The molecular formula is C16H19N3S. The fourth-order valence-electron chi connectivity index (χ4n) is 2.66. The van der Waals surface area contributed by atoms with Gasteiger partial charge < -0.3 is 5.32 Å². The van der Waals surface area contributed by atoms with Gasteiger partial charge in [0.15, 0.2) is 0 Å². The maximum Gasteiger partial charge on any atom is 0.0875 e. The van der Waals surface area contributed by atoms with E-state index in [-0.39, 0.29) is 6.04 Å². The van der Waals surface area contributed by atoms with Crippen LogP contribution in [0.1, 0.15) is 24.2 Å². The second kappa shape index (κ2) is 5.77. The van der Waals surface area contributed by atoms with Gasteiger partial charge in [-0.05, 0) is 41.4 Å². The number of benzene rings is 1. The van der Waals surface area contributed by atoms with Gasteiger partial charge >= 0.3 is 0 Å². The van der Waals surface area contributed by atoms with E-state index < -0.39 is 0 Å². The van der Waals surface area contributed by atoms with Crippen molar-refractivity contribution in [1.82, 2.24) is 15.1 Å². The van der Waals surface area contributed by atoms with Crippen LogP contribution in [0.25, 0.3) is 10.9 Å². The van der Waals surface area contributed by atoms with Gasteiger partial charge in [0, 0.05) is 12.4 Å². The average molecular weight is 285 g/mol. The maximum atomic E-state index is 4.75. The predicted octanol–water partition coefficient (Wildman–Crippen LogP) is 3.53. The summed E-state index contributed by atoms with van der Waals surface area (Å²) in [6, 6.07) is 10.9.